The van der Waals surface area contributed by atoms with Crippen molar-refractivity contribution in [3.63, 3.8) is 0 Å². The SMILES string of the molecule is O=C1C=C(C2=CCCCC2)OC2CC(O)=C(O)C(O)C12. The molecule has 3 atom stereocenters. The first-order chi connectivity index (χ1) is 9.58. The number of hydrogen-bond donors (Lipinski definition) is 3. The Hall–Kier alpha value is -1.75. The van der Waals surface area contributed by atoms with Crippen molar-refractivity contribution in [3.05, 3.63) is 35.0 Å². The number of rotatable bonds is 1. The fourth-order valence-electron chi connectivity index (χ4n) is 3.07. The average Bonchev–Trinajstić information content (AvgIpc) is 2.45. The summed E-state index contributed by atoms with van der Waals surface area (Å²) < 4.78 is 5.80. The van der Waals surface area contributed by atoms with E-state index in [9.17, 15) is 20.1 Å². The van der Waals surface area contributed by atoms with Gasteiger partial charge in [-0.3, -0.25) is 4.79 Å². The summed E-state index contributed by atoms with van der Waals surface area (Å²) in [4.78, 5) is 12.2. The Morgan fingerprint density at radius 1 is 1.25 bits per heavy atom. The summed E-state index contributed by atoms with van der Waals surface area (Å²) >= 11 is 0. The van der Waals surface area contributed by atoms with E-state index in [1.807, 2.05) is 0 Å². The first-order valence-electron chi connectivity index (χ1n) is 6.98. The Kier molecular flexibility index (Phi) is 3.30. The molecule has 3 aliphatic rings. The highest BCUT2D eigenvalue weighted by Crippen LogP contribution is 2.38. The van der Waals surface area contributed by atoms with Crippen molar-refractivity contribution in [2.45, 2.75) is 44.3 Å². The van der Waals surface area contributed by atoms with Crippen molar-refractivity contribution in [1.82, 2.24) is 0 Å². The molecule has 1 heterocycles. The van der Waals surface area contributed by atoms with Crippen molar-refractivity contribution in [1.29, 1.82) is 0 Å². The van der Waals surface area contributed by atoms with E-state index in [0.29, 0.717) is 5.76 Å². The van der Waals surface area contributed by atoms with Crippen LogP contribution in [0.3, 0.4) is 0 Å². The average molecular weight is 278 g/mol. The third-order valence-corrected chi connectivity index (χ3v) is 4.20. The number of carbonyl (C=O) groups is 1. The van der Waals surface area contributed by atoms with Crippen molar-refractivity contribution in [2.75, 3.05) is 0 Å². The number of aliphatic hydroxyl groups excluding tert-OH is 3. The van der Waals surface area contributed by atoms with Gasteiger partial charge in [0.05, 0.1) is 5.92 Å². The lowest BCUT2D eigenvalue weighted by Crippen LogP contribution is -2.46. The first kappa shape index (κ1) is 13.2. The molecule has 3 unspecified atom stereocenters. The van der Waals surface area contributed by atoms with Gasteiger partial charge in [0.1, 0.15) is 23.7 Å². The molecule has 0 radical (unpaired) electrons. The fraction of sp³-hybridized carbons (Fsp3) is 0.533. The molecule has 20 heavy (non-hydrogen) atoms. The second-order valence-corrected chi connectivity index (χ2v) is 5.55. The summed E-state index contributed by atoms with van der Waals surface area (Å²) in [6, 6.07) is 0. The van der Waals surface area contributed by atoms with E-state index in [1.54, 1.807) is 0 Å². The van der Waals surface area contributed by atoms with E-state index in [0.717, 1.165) is 31.3 Å². The molecule has 0 aromatic heterocycles. The van der Waals surface area contributed by atoms with Crippen LogP contribution >= 0.6 is 0 Å². The molecule has 0 saturated carbocycles. The molecule has 0 spiro atoms. The Balaban J connectivity index is 1.88. The normalized spacial score (nSPS) is 34.0. The highest BCUT2D eigenvalue weighted by atomic mass is 16.5. The number of hydrogen-bond acceptors (Lipinski definition) is 5. The number of ketones is 1. The molecule has 3 N–H and O–H groups in total. The second kappa shape index (κ2) is 4.98. The Morgan fingerprint density at radius 3 is 2.75 bits per heavy atom. The zero-order valence-corrected chi connectivity index (χ0v) is 11.1. The number of fused-ring (bicyclic) bond motifs is 1. The molecular weight excluding hydrogens is 260 g/mol. The molecule has 5 nitrogen and oxygen atoms in total. The molecule has 0 aromatic rings. The van der Waals surface area contributed by atoms with Crippen LogP contribution in [0.2, 0.25) is 0 Å². The van der Waals surface area contributed by atoms with Crippen molar-refractivity contribution in [2.24, 2.45) is 5.92 Å². The van der Waals surface area contributed by atoms with E-state index >= 15 is 0 Å². The molecule has 2 aliphatic carbocycles. The molecule has 108 valence electrons. The van der Waals surface area contributed by atoms with Gasteiger partial charge in [-0.15, -0.1) is 0 Å². The van der Waals surface area contributed by atoms with Crippen LogP contribution in [-0.4, -0.2) is 33.3 Å². The summed E-state index contributed by atoms with van der Waals surface area (Å²) in [6.07, 6.45) is 5.61. The highest BCUT2D eigenvalue weighted by Gasteiger charge is 2.45. The van der Waals surface area contributed by atoms with Gasteiger partial charge in [0.2, 0.25) is 0 Å². The van der Waals surface area contributed by atoms with E-state index in [1.165, 1.54) is 6.08 Å². The predicted octanol–water partition coefficient (Wildman–Crippen LogP) is 2.05. The Bertz CT molecular complexity index is 528. The molecule has 0 saturated heterocycles. The molecule has 3 rings (SSSR count). The minimum absolute atomic E-state index is 0.0456. The number of aliphatic hydroxyl groups is 3. The van der Waals surface area contributed by atoms with Gasteiger partial charge in [0.25, 0.3) is 0 Å². The largest absolute Gasteiger partial charge is 0.509 e. The summed E-state index contributed by atoms with van der Waals surface area (Å²) in [7, 11) is 0. The van der Waals surface area contributed by atoms with E-state index in [2.05, 4.69) is 6.08 Å². The van der Waals surface area contributed by atoms with Crippen LogP contribution in [0, 0.1) is 5.92 Å². The smallest absolute Gasteiger partial charge is 0.169 e. The van der Waals surface area contributed by atoms with E-state index < -0.39 is 23.9 Å². The molecular formula is C15H18O5. The summed E-state index contributed by atoms with van der Waals surface area (Å²) in [6.45, 7) is 0. The van der Waals surface area contributed by atoms with Gasteiger partial charge >= 0.3 is 0 Å². The third-order valence-electron chi connectivity index (χ3n) is 4.20. The standard InChI is InChI=1S/C15H18O5/c16-9-6-11(8-4-2-1-3-5-8)20-12-7-10(17)14(18)15(19)13(9)12/h4,6,12-13,15,17-19H,1-3,5,7H2. The monoisotopic (exact) mass is 278 g/mol. The lowest BCUT2D eigenvalue weighted by molar-refractivity contribution is -0.132. The van der Waals surface area contributed by atoms with Crippen LogP contribution < -0.4 is 0 Å². The van der Waals surface area contributed by atoms with Gasteiger partial charge in [0.15, 0.2) is 11.5 Å². The molecule has 0 bridgehead atoms. The maximum Gasteiger partial charge on any atom is 0.169 e. The topological polar surface area (TPSA) is 87.0 Å². The van der Waals surface area contributed by atoms with Crippen LogP contribution in [0.25, 0.3) is 0 Å². The fourth-order valence-corrected chi connectivity index (χ4v) is 3.07. The second-order valence-electron chi connectivity index (χ2n) is 5.55. The lowest BCUT2D eigenvalue weighted by atomic mass is 9.81. The summed E-state index contributed by atoms with van der Waals surface area (Å²) in [5.41, 5.74) is 1.02. The zero-order chi connectivity index (χ0) is 14.3. The number of allylic oxidation sites excluding steroid dienone is 3. The number of ether oxygens (including phenoxy) is 1. The van der Waals surface area contributed by atoms with Gasteiger partial charge < -0.3 is 20.1 Å². The maximum atomic E-state index is 12.2. The third kappa shape index (κ3) is 2.12. The molecule has 1 aliphatic heterocycles. The van der Waals surface area contributed by atoms with Gasteiger partial charge in [-0.05, 0) is 31.3 Å². The van der Waals surface area contributed by atoms with Gasteiger partial charge in [0, 0.05) is 12.5 Å². The van der Waals surface area contributed by atoms with Crippen molar-refractivity contribution in [3.8, 4) is 0 Å². The van der Waals surface area contributed by atoms with E-state index in [-0.39, 0.29) is 18.0 Å². The van der Waals surface area contributed by atoms with Gasteiger partial charge in [-0.25, -0.2) is 0 Å². The van der Waals surface area contributed by atoms with Crippen LogP contribution in [0.5, 0.6) is 0 Å². The maximum absolute atomic E-state index is 12.2. The first-order valence-corrected chi connectivity index (χ1v) is 6.98. The predicted molar refractivity (Wildman–Crippen MR) is 70.9 cm³/mol. The minimum Gasteiger partial charge on any atom is -0.509 e. The van der Waals surface area contributed by atoms with Gasteiger partial charge in [-0.2, -0.15) is 0 Å². The summed E-state index contributed by atoms with van der Waals surface area (Å²) in [5.74, 6) is -1.35. The van der Waals surface area contributed by atoms with Crippen LogP contribution in [0.1, 0.15) is 32.1 Å². The number of carbonyl (C=O) groups excluding carboxylic acids is 1. The lowest BCUT2D eigenvalue weighted by Gasteiger charge is -2.37. The van der Waals surface area contributed by atoms with Crippen molar-refractivity contribution < 1.29 is 24.9 Å². The molecule has 5 heteroatoms. The van der Waals surface area contributed by atoms with Crippen LogP contribution in [-0.2, 0) is 9.53 Å². The summed E-state index contributed by atoms with van der Waals surface area (Å²) in [5, 5.41) is 29.1. The zero-order valence-electron chi connectivity index (χ0n) is 11.1. The minimum atomic E-state index is -1.39. The Labute approximate surface area is 116 Å². The molecule has 0 fully saturated rings. The molecule has 0 amide bonds. The van der Waals surface area contributed by atoms with Crippen LogP contribution in [0.4, 0.5) is 0 Å². The highest BCUT2D eigenvalue weighted by molar-refractivity contribution is 5.94. The van der Waals surface area contributed by atoms with E-state index in [4.69, 9.17) is 4.74 Å². The van der Waals surface area contributed by atoms with Crippen molar-refractivity contribution >= 4 is 5.78 Å². The quantitative estimate of drug-likeness (QED) is 0.683. The van der Waals surface area contributed by atoms with Crippen LogP contribution in [0.15, 0.2) is 35.0 Å². The van der Waals surface area contributed by atoms with Gasteiger partial charge in [-0.1, -0.05) is 6.08 Å². The molecule has 0 aromatic carbocycles. The Morgan fingerprint density at radius 2 is 2.05 bits per heavy atom.